The van der Waals surface area contributed by atoms with E-state index in [-0.39, 0.29) is 37.4 Å². The number of rotatable bonds is 11. The van der Waals surface area contributed by atoms with Gasteiger partial charge in [-0.2, -0.15) is 0 Å². The van der Waals surface area contributed by atoms with E-state index < -0.39 is 28.5 Å². The van der Waals surface area contributed by atoms with Crippen LogP contribution < -0.4 is 19.1 Å². The predicted octanol–water partition coefficient (Wildman–Crippen LogP) is 3.65. The molecular weight excluding hydrogens is 530 g/mol. The lowest BCUT2D eigenvalue weighted by Crippen LogP contribution is -2.54. The van der Waals surface area contributed by atoms with E-state index in [9.17, 15) is 18.0 Å². The van der Waals surface area contributed by atoms with E-state index in [0.29, 0.717) is 11.5 Å². The van der Waals surface area contributed by atoms with Gasteiger partial charge < -0.3 is 19.7 Å². The molecule has 4 rings (SSSR count). The Morgan fingerprint density at radius 3 is 2.30 bits per heavy atom. The van der Waals surface area contributed by atoms with Gasteiger partial charge in [0, 0.05) is 25.1 Å². The number of hydrogen-bond acceptors (Lipinski definition) is 6. The summed E-state index contributed by atoms with van der Waals surface area (Å²) < 4.78 is 37.7. The zero-order valence-corrected chi connectivity index (χ0v) is 24.0. The molecule has 1 unspecified atom stereocenters. The molecule has 9 nitrogen and oxygen atoms in total. The number of anilines is 1. The Morgan fingerprint density at radius 1 is 0.950 bits per heavy atom. The third kappa shape index (κ3) is 7.12. The van der Waals surface area contributed by atoms with E-state index in [2.05, 4.69) is 5.32 Å². The fraction of sp³-hybridized carbons (Fsp3) is 0.333. The lowest BCUT2D eigenvalue weighted by molar-refractivity contribution is -0.140. The van der Waals surface area contributed by atoms with Crippen LogP contribution in [0.25, 0.3) is 0 Å². The van der Waals surface area contributed by atoms with Crippen LogP contribution in [0.2, 0.25) is 0 Å². The van der Waals surface area contributed by atoms with E-state index in [4.69, 9.17) is 9.47 Å². The Labute approximate surface area is 235 Å². The Balaban J connectivity index is 1.74. The van der Waals surface area contributed by atoms with Gasteiger partial charge in [0.1, 0.15) is 12.6 Å². The van der Waals surface area contributed by atoms with Crippen molar-refractivity contribution in [3.05, 3.63) is 89.5 Å². The number of hydrogen-bond donors (Lipinski definition) is 1. The second-order valence-electron chi connectivity index (χ2n) is 10.1. The van der Waals surface area contributed by atoms with E-state index >= 15 is 0 Å². The molecule has 0 saturated carbocycles. The van der Waals surface area contributed by atoms with Crippen molar-refractivity contribution in [1.82, 2.24) is 10.2 Å². The minimum absolute atomic E-state index is 0.0346. The van der Waals surface area contributed by atoms with Crippen LogP contribution in [-0.4, -0.2) is 56.8 Å². The fourth-order valence-electron chi connectivity index (χ4n) is 4.56. The van der Waals surface area contributed by atoms with Crippen LogP contribution in [0, 0.1) is 6.92 Å². The summed E-state index contributed by atoms with van der Waals surface area (Å²) >= 11 is 0. The van der Waals surface area contributed by atoms with Crippen molar-refractivity contribution in [1.29, 1.82) is 0 Å². The summed E-state index contributed by atoms with van der Waals surface area (Å²) in [6, 6.07) is 20.8. The topological polar surface area (TPSA) is 105 Å². The number of fused-ring (bicyclic) bond motifs is 1. The molecule has 0 aromatic heterocycles. The highest BCUT2D eigenvalue weighted by molar-refractivity contribution is 7.92. The van der Waals surface area contributed by atoms with Gasteiger partial charge in [-0.15, -0.1) is 0 Å². The third-order valence-corrected chi connectivity index (χ3v) is 7.77. The Morgan fingerprint density at radius 2 is 1.62 bits per heavy atom. The molecule has 0 bridgehead atoms. The molecule has 0 saturated heterocycles. The van der Waals surface area contributed by atoms with Crippen LogP contribution in [0.3, 0.4) is 0 Å². The number of nitrogens with zero attached hydrogens (tertiary/aromatic N) is 2. The molecular formula is C30H35N3O6S. The highest BCUT2D eigenvalue weighted by atomic mass is 32.2. The lowest BCUT2D eigenvalue weighted by Gasteiger charge is -2.34. The molecule has 40 heavy (non-hydrogen) atoms. The van der Waals surface area contributed by atoms with Crippen LogP contribution >= 0.6 is 0 Å². The maximum Gasteiger partial charge on any atom is 0.244 e. The molecule has 212 valence electrons. The number of carbonyl (C=O) groups is 2. The van der Waals surface area contributed by atoms with E-state index in [0.717, 1.165) is 27.3 Å². The number of ether oxygens (including phenoxy) is 2. The van der Waals surface area contributed by atoms with Crippen LogP contribution in [0.5, 0.6) is 11.5 Å². The Kier molecular flexibility index (Phi) is 8.99. The summed E-state index contributed by atoms with van der Waals surface area (Å²) in [4.78, 5) is 29.2. The lowest BCUT2D eigenvalue weighted by atomic mass is 10.0. The number of aryl methyl sites for hydroxylation is 1. The molecule has 1 aliphatic heterocycles. The van der Waals surface area contributed by atoms with Gasteiger partial charge in [0.25, 0.3) is 0 Å². The van der Waals surface area contributed by atoms with Gasteiger partial charge in [0.05, 0.1) is 11.9 Å². The average Bonchev–Trinajstić information content (AvgIpc) is 3.37. The maximum atomic E-state index is 14.1. The molecule has 3 aromatic rings. The zero-order valence-electron chi connectivity index (χ0n) is 23.2. The molecule has 1 aliphatic rings. The number of nitrogens with one attached hydrogen (secondary N) is 1. The summed E-state index contributed by atoms with van der Waals surface area (Å²) in [5, 5.41) is 2.95. The molecule has 0 spiro atoms. The monoisotopic (exact) mass is 565 g/mol. The highest BCUT2D eigenvalue weighted by Crippen LogP contribution is 2.36. The first kappa shape index (κ1) is 28.9. The molecule has 2 amide bonds. The van der Waals surface area contributed by atoms with Gasteiger partial charge in [-0.05, 0) is 49.6 Å². The van der Waals surface area contributed by atoms with Crippen molar-refractivity contribution in [3.8, 4) is 11.5 Å². The molecule has 1 N–H and O–H groups in total. The van der Waals surface area contributed by atoms with Crippen LogP contribution in [0.15, 0.2) is 72.8 Å². The van der Waals surface area contributed by atoms with Crippen molar-refractivity contribution < 1.29 is 27.5 Å². The van der Waals surface area contributed by atoms with Gasteiger partial charge in [-0.3, -0.25) is 13.9 Å². The standard InChI is InChI=1S/C30H35N3O6S/c1-21(2)31-30(35)26(16-23-11-6-5-7-12-23)32(18-24-13-9-8-10-22(24)3)29(34)19-33(40(4,36)37)25-14-15-27-28(17-25)39-20-38-27/h5-15,17,21,26H,16,18-20H2,1-4H3,(H,31,35). The van der Waals surface area contributed by atoms with Gasteiger partial charge in [-0.1, -0.05) is 54.6 Å². The smallest absolute Gasteiger partial charge is 0.244 e. The summed E-state index contributed by atoms with van der Waals surface area (Å²) in [6.45, 7) is 5.32. The summed E-state index contributed by atoms with van der Waals surface area (Å²) in [7, 11) is -3.88. The van der Waals surface area contributed by atoms with Crippen molar-refractivity contribution >= 4 is 27.5 Å². The van der Waals surface area contributed by atoms with Crippen molar-refractivity contribution in [2.75, 3.05) is 23.9 Å². The van der Waals surface area contributed by atoms with E-state index in [1.165, 1.54) is 11.0 Å². The molecule has 3 aromatic carbocycles. The molecule has 0 aliphatic carbocycles. The summed E-state index contributed by atoms with van der Waals surface area (Å²) in [6.07, 6.45) is 1.31. The first-order valence-corrected chi connectivity index (χ1v) is 14.9. The third-order valence-electron chi connectivity index (χ3n) is 6.63. The average molecular weight is 566 g/mol. The Hall–Kier alpha value is -4.05. The van der Waals surface area contributed by atoms with Crippen LogP contribution in [0.4, 0.5) is 5.69 Å². The molecule has 0 fully saturated rings. The first-order chi connectivity index (χ1) is 19.0. The second-order valence-corrected chi connectivity index (χ2v) is 12.0. The second kappa shape index (κ2) is 12.4. The maximum absolute atomic E-state index is 14.1. The molecule has 0 radical (unpaired) electrons. The highest BCUT2D eigenvalue weighted by Gasteiger charge is 2.33. The minimum atomic E-state index is -3.88. The largest absolute Gasteiger partial charge is 0.454 e. The number of sulfonamides is 1. The fourth-order valence-corrected chi connectivity index (χ4v) is 5.40. The Bertz CT molecular complexity index is 1460. The van der Waals surface area contributed by atoms with Crippen molar-refractivity contribution in [3.63, 3.8) is 0 Å². The van der Waals surface area contributed by atoms with Crippen molar-refractivity contribution in [2.24, 2.45) is 0 Å². The zero-order chi connectivity index (χ0) is 28.9. The van der Waals surface area contributed by atoms with Crippen LogP contribution in [0.1, 0.15) is 30.5 Å². The van der Waals surface area contributed by atoms with Crippen LogP contribution in [-0.2, 0) is 32.6 Å². The van der Waals surface area contributed by atoms with E-state index in [1.807, 2.05) is 75.4 Å². The van der Waals surface area contributed by atoms with Crippen molar-refractivity contribution in [2.45, 2.75) is 45.8 Å². The molecule has 10 heteroatoms. The normalized spacial score (nSPS) is 13.1. The number of carbonyl (C=O) groups excluding carboxylic acids is 2. The van der Waals surface area contributed by atoms with Gasteiger partial charge in [0.15, 0.2) is 11.5 Å². The number of amides is 2. The quantitative estimate of drug-likeness (QED) is 0.381. The number of benzene rings is 3. The summed E-state index contributed by atoms with van der Waals surface area (Å²) in [5.41, 5.74) is 2.96. The molecule has 1 atom stereocenters. The predicted molar refractivity (Wildman–Crippen MR) is 154 cm³/mol. The first-order valence-electron chi connectivity index (χ1n) is 13.1. The van der Waals surface area contributed by atoms with E-state index in [1.54, 1.807) is 12.1 Å². The minimum Gasteiger partial charge on any atom is -0.454 e. The van der Waals surface area contributed by atoms with Gasteiger partial charge >= 0.3 is 0 Å². The SMILES string of the molecule is Cc1ccccc1CN(C(=O)CN(c1ccc2c(c1)OCO2)S(C)(=O)=O)C(Cc1ccccc1)C(=O)NC(C)C. The van der Waals surface area contributed by atoms with Gasteiger partial charge in [0.2, 0.25) is 28.6 Å². The molecule has 1 heterocycles. The van der Waals surface area contributed by atoms with Gasteiger partial charge in [-0.25, -0.2) is 8.42 Å². The summed E-state index contributed by atoms with van der Waals surface area (Å²) in [5.74, 6) is 0.0765.